The van der Waals surface area contributed by atoms with Gasteiger partial charge in [0.2, 0.25) is 20.0 Å². The average Bonchev–Trinajstić information content (AvgIpc) is 2.84. The standard InChI is InChI=1S/C25H36N2O7S2/c1-4-6-19-34-21-12-16-23(17-13-21)36(31,32)27-24(25(28)33-5-2)9-7-8-18-26-35(29,30)22-14-10-20(3)11-15-22/h10-17,24,26-27H,4-9,18-19H2,1-3H3. The van der Waals surface area contributed by atoms with Gasteiger partial charge in [0.15, 0.2) is 0 Å². The van der Waals surface area contributed by atoms with Crippen LogP contribution in [0.3, 0.4) is 0 Å². The monoisotopic (exact) mass is 540 g/mol. The normalized spacial score (nSPS) is 12.8. The minimum absolute atomic E-state index is 0.00509. The van der Waals surface area contributed by atoms with Gasteiger partial charge in [-0.05, 0) is 75.9 Å². The lowest BCUT2D eigenvalue weighted by atomic mass is 10.1. The van der Waals surface area contributed by atoms with Crippen LogP contribution in [0.25, 0.3) is 0 Å². The molecule has 0 bridgehead atoms. The van der Waals surface area contributed by atoms with Crippen molar-refractivity contribution in [1.82, 2.24) is 9.44 Å². The number of sulfonamides is 2. The van der Waals surface area contributed by atoms with Gasteiger partial charge in [0.25, 0.3) is 0 Å². The minimum Gasteiger partial charge on any atom is -0.494 e. The van der Waals surface area contributed by atoms with Crippen molar-refractivity contribution in [2.45, 2.75) is 68.7 Å². The van der Waals surface area contributed by atoms with Crippen LogP contribution < -0.4 is 14.2 Å². The highest BCUT2D eigenvalue weighted by molar-refractivity contribution is 7.89. The molecule has 2 aromatic rings. The summed E-state index contributed by atoms with van der Waals surface area (Å²) in [7, 11) is -7.63. The summed E-state index contributed by atoms with van der Waals surface area (Å²) in [4.78, 5) is 12.6. The van der Waals surface area contributed by atoms with Gasteiger partial charge in [-0.3, -0.25) is 4.79 Å². The fourth-order valence-electron chi connectivity index (χ4n) is 3.25. The summed E-state index contributed by atoms with van der Waals surface area (Å²) in [5.41, 5.74) is 0.956. The summed E-state index contributed by atoms with van der Waals surface area (Å²) in [5, 5.41) is 0. The summed E-state index contributed by atoms with van der Waals surface area (Å²) in [6.07, 6.45) is 2.85. The number of hydrogen-bond donors (Lipinski definition) is 2. The summed E-state index contributed by atoms with van der Waals surface area (Å²) >= 11 is 0. The first-order chi connectivity index (χ1) is 17.1. The number of aryl methyl sites for hydroxylation is 1. The van der Waals surface area contributed by atoms with Gasteiger partial charge in [0.05, 0.1) is 23.0 Å². The second kappa shape index (κ2) is 14.3. The van der Waals surface area contributed by atoms with Gasteiger partial charge in [-0.1, -0.05) is 31.0 Å². The third-order valence-electron chi connectivity index (χ3n) is 5.31. The Bertz CT molecular complexity index is 1160. The van der Waals surface area contributed by atoms with E-state index in [4.69, 9.17) is 9.47 Å². The van der Waals surface area contributed by atoms with E-state index in [1.54, 1.807) is 31.2 Å². The van der Waals surface area contributed by atoms with Crippen LogP contribution in [-0.2, 0) is 29.6 Å². The van der Waals surface area contributed by atoms with Crippen LogP contribution in [0.1, 0.15) is 51.5 Å². The van der Waals surface area contributed by atoms with Gasteiger partial charge in [-0.2, -0.15) is 4.72 Å². The van der Waals surface area contributed by atoms with Gasteiger partial charge in [-0.25, -0.2) is 21.6 Å². The maximum absolute atomic E-state index is 12.9. The van der Waals surface area contributed by atoms with Crippen LogP contribution in [-0.4, -0.2) is 48.6 Å². The van der Waals surface area contributed by atoms with E-state index in [1.807, 2.05) is 6.92 Å². The Hall–Kier alpha value is -2.47. The molecular weight excluding hydrogens is 504 g/mol. The molecule has 2 rings (SSSR count). The number of carbonyl (C=O) groups excluding carboxylic acids is 1. The second-order valence-electron chi connectivity index (χ2n) is 8.31. The molecule has 0 saturated carbocycles. The highest BCUT2D eigenvalue weighted by Gasteiger charge is 2.26. The van der Waals surface area contributed by atoms with Crippen molar-refractivity contribution in [3.05, 3.63) is 54.1 Å². The Labute approximate surface area is 214 Å². The topological polar surface area (TPSA) is 128 Å². The van der Waals surface area contributed by atoms with E-state index in [1.165, 1.54) is 24.3 Å². The van der Waals surface area contributed by atoms with Crippen molar-refractivity contribution in [2.75, 3.05) is 19.8 Å². The minimum atomic E-state index is -3.99. The van der Waals surface area contributed by atoms with Crippen LogP contribution in [0.5, 0.6) is 5.75 Å². The molecule has 1 atom stereocenters. The van der Waals surface area contributed by atoms with E-state index in [0.29, 0.717) is 25.2 Å². The van der Waals surface area contributed by atoms with Gasteiger partial charge in [-0.15, -0.1) is 0 Å². The molecule has 0 aliphatic carbocycles. The largest absolute Gasteiger partial charge is 0.494 e. The smallest absolute Gasteiger partial charge is 0.324 e. The Morgan fingerprint density at radius 1 is 0.861 bits per heavy atom. The SMILES string of the molecule is CCCCOc1ccc(S(=O)(=O)NC(CCCCNS(=O)(=O)c2ccc(C)cc2)C(=O)OCC)cc1. The van der Waals surface area contributed by atoms with Crippen molar-refractivity contribution in [3.63, 3.8) is 0 Å². The number of nitrogens with one attached hydrogen (secondary N) is 2. The summed E-state index contributed by atoms with van der Waals surface area (Å²) < 4.78 is 66.1. The van der Waals surface area contributed by atoms with Crippen molar-refractivity contribution in [1.29, 1.82) is 0 Å². The first-order valence-electron chi connectivity index (χ1n) is 12.1. The molecule has 0 aromatic heterocycles. The second-order valence-corrected chi connectivity index (χ2v) is 11.8. The first kappa shape index (κ1) is 29.8. The third-order valence-corrected chi connectivity index (χ3v) is 8.28. The van der Waals surface area contributed by atoms with E-state index in [0.717, 1.165) is 18.4 Å². The number of ether oxygens (including phenoxy) is 2. The molecule has 0 amide bonds. The van der Waals surface area contributed by atoms with Gasteiger partial charge < -0.3 is 9.47 Å². The van der Waals surface area contributed by atoms with Crippen molar-refractivity contribution in [3.8, 4) is 5.75 Å². The molecule has 1 unspecified atom stereocenters. The van der Waals surface area contributed by atoms with Crippen molar-refractivity contribution < 1.29 is 31.1 Å². The van der Waals surface area contributed by atoms with E-state index >= 15 is 0 Å². The average molecular weight is 541 g/mol. The fraction of sp³-hybridized carbons (Fsp3) is 0.480. The van der Waals surface area contributed by atoms with E-state index in [-0.39, 0.29) is 29.4 Å². The Balaban J connectivity index is 1.94. The number of unbranched alkanes of at least 4 members (excludes halogenated alkanes) is 2. The third kappa shape index (κ3) is 9.53. The number of benzene rings is 2. The molecule has 11 heteroatoms. The van der Waals surface area contributed by atoms with Crippen molar-refractivity contribution >= 4 is 26.0 Å². The zero-order valence-corrected chi connectivity index (χ0v) is 22.7. The van der Waals surface area contributed by atoms with E-state index < -0.39 is 32.1 Å². The fourth-order valence-corrected chi connectivity index (χ4v) is 5.55. The number of hydrogen-bond acceptors (Lipinski definition) is 7. The number of rotatable bonds is 16. The van der Waals surface area contributed by atoms with Crippen LogP contribution in [0.15, 0.2) is 58.3 Å². The molecule has 9 nitrogen and oxygen atoms in total. The predicted molar refractivity (Wildman–Crippen MR) is 138 cm³/mol. The van der Waals surface area contributed by atoms with Gasteiger partial charge >= 0.3 is 5.97 Å². The Kier molecular flexibility index (Phi) is 11.8. The Morgan fingerprint density at radius 3 is 2.08 bits per heavy atom. The van der Waals surface area contributed by atoms with Crippen LogP contribution in [0.2, 0.25) is 0 Å². The molecule has 0 saturated heterocycles. The van der Waals surface area contributed by atoms with Crippen LogP contribution in [0, 0.1) is 6.92 Å². The van der Waals surface area contributed by atoms with Crippen molar-refractivity contribution in [2.24, 2.45) is 0 Å². The number of carbonyl (C=O) groups is 1. The molecule has 0 radical (unpaired) electrons. The predicted octanol–water partition coefficient (Wildman–Crippen LogP) is 3.53. The Morgan fingerprint density at radius 2 is 1.47 bits per heavy atom. The zero-order chi connectivity index (χ0) is 26.6. The lowest BCUT2D eigenvalue weighted by Gasteiger charge is -2.18. The molecule has 200 valence electrons. The van der Waals surface area contributed by atoms with Gasteiger partial charge in [0, 0.05) is 6.54 Å². The van der Waals surface area contributed by atoms with E-state index in [9.17, 15) is 21.6 Å². The summed E-state index contributed by atoms with van der Waals surface area (Å²) in [6.45, 7) is 6.37. The lowest BCUT2D eigenvalue weighted by molar-refractivity contribution is -0.145. The molecular formula is C25H36N2O7S2. The highest BCUT2D eigenvalue weighted by Crippen LogP contribution is 2.18. The molecule has 36 heavy (non-hydrogen) atoms. The highest BCUT2D eigenvalue weighted by atomic mass is 32.2. The molecule has 0 aliphatic heterocycles. The maximum Gasteiger partial charge on any atom is 0.324 e. The molecule has 0 heterocycles. The quantitative estimate of drug-likeness (QED) is 0.246. The van der Waals surface area contributed by atoms with E-state index in [2.05, 4.69) is 16.4 Å². The first-order valence-corrected chi connectivity index (χ1v) is 15.0. The number of esters is 1. The molecule has 2 N–H and O–H groups in total. The van der Waals surface area contributed by atoms with Crippen LogP contribution >= 0.6 is 0 Å². The summed E-state index contributed by atoms with van der Waals surface area (Å²) in [6, 6.07) is 11.4. The maximum atomic E-state index is 12.9. The van der Waals surface area contributed by atoms with Crippen LogP contribution in [0.4, 0.5) is 0 Å². The molecule has 0 aliphatic rings. The lowest BCUT2D eigenvalue weighted by Crippen LogP contribution is -2.41. The molecule has 2 aromatic carbocycles. The zero-order valence-electron chi connectivity index (χ0n) is 21.0. The molecule has 0 fully saturated rings. The summed E-state index contributed by atoms with van der Waals surface area (Å²) in [5.74, 6) is -0.113. The molecule has 0 spiro atoms. The van der Waals surface area contributed by atoms with Gasteiger partial charge in [0.1, 0.15) is 11.8 Å².